The van der Waals surface area contributed by atoms with Gasteiger partial charge in [0.25, 0.3) is 0 Å². The van der Waals surface area contributed by atoms with Crippen LogP contribution < -0.4 is 5.32 Å². The fourth-order valence-electron chi connectivity index (χ4n) is 1.41. The Balaban J connectivity index is 2.25. The summed E-state index contributed by atoms with van der Waals surface area (Å²) < 4.78 is 0. The summed E-state index contributed by atoms with van der Waals surface area (Å²) in [7, 11) is 0. The van der Waals surface area contributed by atoms with Crippen LogP contribution in [0.1, 0.15) is 24.6 Å². The number of amides is 1. The average molecular weight is 257 g/mol. The van der Waals surface area contributed by atoms with Crippen LogP contribution in [0.2, 0.25) is 0 Å². The molecule has 0 bridgehead atoms. The van der Waals surface area contributed by atoms with E-state index in [2.05, 4.69) is 5.32 Å². The van der Waals surface area contributed by atoms with Crippen LogP contribution in [-0.2, 0) is 11.2 Å². The summed E-state index contributed by atoms with van der Waals surface area (Å²) in [6, 6.07) is 4.04. The SMILES string of the molecule is CC(CO)(CO)NC(=O)CCCc1cccs1. The zero-order chi connectivity index (χ0) is 12.7. The number of hydrogen-bond acceptors (Lipinski definition) is 4. The Labute approximate surface area is 105 Å². The largest absolute Gasteiger partial charge is 0.394 e. The zero-order valence-electron chi connectivity index (χ0n) is 9.98. The molecule has 1 rings (SSSR count). The summed E-state index contributed by atoms with van der Waals surface area (Å²) in [5.41, 5.74) is -0.917. The minimum Gasteiger partial charge on any atom is -0.394 e. The van der Waals surface area contributed by atoms with Crippen LogP contribution in [0, 0.1) is 0 Å². The first-order valence-corrected chi connectivity index (χ1v) is 6.53. The van der Waals surface area contributed by atoms with E-state index < -0.39 is 5.54 Å². The first kappa shape index (κ1) is 14.2. The van der Waals surface area contributed by atoms with Crippen LogP contribution in [0.25, 0.3) is 0 Å². The van der Waals surface area contributed by atoms with Crippen molar-refractivity contribution in [1.82, 2.24) is 5.32 Å². The number of carbonyl (C=O) groups is 1. The Hall–Kier alpha value is -0.910. The second kappa shape index (κ2) is 6.74. The number of aliphatic hydroxyl groups excluding tert-OH is 2. The molecule has 1 aromatic heterocycles. The van der Waals surface area contributed by atoms with Gasteiger partial charge in [-0.05, 0) is 31.2 Å². The Kier molecular flexibility index (Phi) is 5.61. The van der Waals surface area contributed by atoms with Gasteiger partial charge in [-0.25, -0.2) is 0 Å². The molecule has 0 saturated heterocycles. The number of rotatable bonds is 7. The van der Waals surface area contributed by atoms with Crippen LogP contribution in [0.3, 0.4) is 0 Å². The summed E-state index contributed by atoms with van der Waals surface area (Å²) in [5.74, 6) is -0.132. The van der Waals surface area contributed by atoms with E-state index in [1.165, 1.54) is 4.88 Å². The Bertz CT molecular complexity index is 334. The Morgan fingerprint density at radius 3 is 2.71 bits per heavy atom. The van der Waals surface area contributed by atoms with Crippen molar-refractivity contribution in [3.8, 4) is 0 Å². The van der Waals surface area contributed by atoms with E-state index in [0.29, 0.717) is 6.42 Å². The predicted molar refractivity (Wildman–Crippen MR) is 68.0 cm³/mol. The standard InChI is InChI=1S/C12H19NO3S/c1-12(8-14,9-15)13-11(16)6-2-4-10-5-3-7-17-10/h3,5,7,14-15H,2,4,6,8-9H2,1H3,(H,13,16). The zero-order valence-corrected chi connectivity index (χ0v) is 10.8. The highest BCUT2D eigenvalue weighted by molar-refractivity contribution is 7.09. The van der Waals surface area contributed by atoms with Gasteiger partial charge in [0, 0.05) is 11.3 Å². The van der Waals surface area contributed by atoms with Gasteiger partial charge in [0.1, 0.15) is 0 Å². The van der Waals surface area contributed by atoms with Crippen molar-refractivity contribution in [2.24, 2.45) is 0 Å². The fraction of sp³-hybridized carbons (Fsp3) is 0.583. The highest BCUT2D eigenvalue weighted by Gasteiger charge is 2.23. The molecular formula is C12H19NO3S. The van der Waals surface area contributed by atoms with Crippen molar-refractivity contribution in [3.05, 3.63) is 22.4 Å². The molecule has 1 amide bonds. The molecule has 0 spiro atoms. The van der Waals surface area contributed by atoms with E-state index in [-0.39, 0.29) is 19.1 Å². The monoisotopic (exact) mass is 257 g/mol. The molecule has 17 heavy (non-hydrogen) atoms. The molecule has 0 saturated carbocycles. The van der Waals surface area contributed by atoms with Gasteiger partial charge >= 0.3 is 0 Å². The van der Waals surface area contributed by atoms with Crippen molar-refractivity contribution in [1.29, 1.82) is 0 Å². The van der Waals surface area contributed by atoms with E-state index in [1.807, 2.05) is 17.5 Å². The Morgan fingerprint density at radius 1 is 1.47 bits per heavy atom. The maximum atomic E-state index is 11.6. The highest BCUT2D eigenvalue weighted by Crippen LogP contribution is 2.12. The van der Waals surface area contributed by atoms with Gasteiger partial charge in [-0.1, -0.05) is 6.07 Å². The van der Waals surface area contributed by atoms with Gasteiger partial charge in [-0.3, -0.25) is 4.79 Å². The van der Waals surface area contributed by atoms with Crippen molar-refractivity contribution in [3.63, 3.8) is 0 Å². The van der Waals surface area contributed by atoms with Gasteiger partial charge in [-0.2, -0.15) is 0 Å². The quantitative estimate of drug-likeness (QED) is 0.680. The third-order valence-electron chi connectivity index (χ3n) is 2.55. The minimum atomic E-state index is -0.917. The first-order chi connectivity index (χ1) is 8.09. The van der Waals surface area contributed by atoms with Gasteiger partial charge in [0.05, 0.1) is 18.8 Å². The molecule has 0 radical (unpaired) electrons. The maximum absolute atomic E-state index is 11.6. The number of aryl methyl sites for hydroxylation is 1. The molecule has 0 atom stereocenters. The van der Waals surface area contributed by atoms with Crippen LogP contribution in [0.5, 0.6) is 0 Å². The molecule has 0 aliphatic rings. The van der Waals surface area contributed by atoms with Crippen LogP contribution in [0.15, 0.2) is 17.5 Å². The summed E-state index contributed by atoms with van der Waals surface area (Å²) >= 11 is 1.69. The maximum Gasteiger partial charge on any atom is 0.220 e. The highest BCUT2D eigenvalue weighted by atomic mass is 32.1. The lowest BCUT2D eigenvalue weighted by Gasteiger charge is -2.26. The second-order valence-electron chi connectivity index (χ2n) is 4.36. The number of nitrogens with one attached hydrogen (secondary N) is 1. The molecule has 1 aromatic rings. The molecule has 0 aromatic carbocycles. The molecule has 0 unspecified atom stereocenters. The van der Waals surface area contributed by atoms with E-state index in [0.717, 1.165) is 12.8 Å². The molecule has 4 nitrogen and oxygen atoms in total. The molecule has 0 fully saturated rings. The van der Waals surface area contributed by atoms with E-state index >= 15 is 0 Å². The lowest BCUT2D eigenvalue weighted by Crippen LogP contribution is -2.51. The smallest absolute Gasteiger partial charge is 0.220 e. The number of hydrogen-bond donors (Lipinski definition) is 3. The van der Waals surface area contributed by atoms with Gasteiger partial charge in [0.2, 0.25) is 5.91 Å². The normalized spacial score (nSPS) is 11.5. The Morgan fingerprint density at radius 2 is 2.18 bits per heavy atom. The molecule has 0 aliphatic carbocycles. The molecule has 1 heterocycles. The third-order valence-corrected chi connectivity index (χ3v) is 3.48. The van der Waals surface area contributed by atoms with Gasteiger partial charge in [-0.15, -0.1) is 11.3 Å². The summed E-state index contributed by atoms with van der Waals surface area (Å²) in [4.78, 5) is 12.8. The molecule has 3 N–H and O–H groups in total. The third kappa shape index (κ3) is 4.85. The lowest BCUT2D eigenvalue weighted by atomic mass is 10.0. The van der Waals surface area contributed by atoms with Gasteiger partial charge in [0.15, 0.2) is 0 Å². The van der Waals surface area contributed by atoms with Crippen LogP contribution in [0.4, 0.5) is 0 Å². The van der Waals surface area contributed by atoms with Crippen molar-refractivity contribution in [2.45, 2.75) is 31.7 Å². The lowest BCUT2D eigenvalue weighted by molar-refractivity contribution is -0.124. The van der Waals surface area contributed by atoms with E-state index in [1.54, 1.807) is 18.3 Å². The second-order valence-corrected chi connectivity index (χ2v) is 5.39. The molecule has 96 valence electrons. The number of thiophene rings is 1. The average Bonchev–Trinajstić information content (AvgIpc) is 2.82. The van der Waals surface area contributed by atoms with E-state index in [4.69, 9.17) is 10.2 Å². The fourth-order valence-corrected chi connectivity index (χ4v) is 2.16. The van der Waals surface area contributed by atoms with Crippen LogP contribution >= 0.6 is 11.3 Å². The minimum absolute atomic E-state index is 0.132. The number of aliphatic hydroxyl groups is 2. The summed E-state index contributed by atoms with van der Waals surface area (Å²) in [5, 5.41) is 22.7. The number of carbonyl (C=O) groups excluding carboxylic acids is 1. The first-order valence-electron chi connectivity index (χ1n) is 5.65. The summed E-state index contributed by atoms with van der Waals surface area (Å²) in [6.45, 7) is 1.09. The van der Waals surface area contributed by atoms with Crippen molar-refractivity contribution in [2.75, 3.05) is 13.2 Å². The molecule has 5 heteroatoms. The van der Waals surface area contributed by atoms with Crippen LogP contribution in [-0.4, -0.2) is 34.9 Å². The van der Waals surface area contributed by atoms with E-state index in [9.17, 15) is 4.79 Å². The van der Waals surface area contributed by atoms with Gasteiger partial charge < -0.3 is 15.5 Å². The molecular weight excluding hydrogens is 238 g/mol. The van der Waals surface area contributed by atoms with Crippen molar-refractivity contribution < 1.29 is 15.0 Å². The molecule has 0 aliphatic heterocycles. The van der Waals surface area contributed by atoms with Crippen molar-refractivity contribution >= 4 is 17.2 Å². The summed E-state index contributed by atoms with van der Waals surface area (Å²) in [6.07, 6.45) is 2.08. The predicted octanol–water partition coefficient (Wildman–Crippen LogP) is 0.930. The topological polar surface area (TPSA) is 69.6 Å².